The first-order valence-electron chi connectivity index (χ1n) is 9.37. The summed E-state index contributed by atoms with van der Waals surface area (Å²) in [4.78, 5) is 28.1. The van der Waals surface area contributed by atoms with Crippen LogP contribution in [0.1, 0.15) is 24.5 Å². The number of carbonyl (C=O) groups is 2. The molecule has 0 bridgehead atoms. The standard InChI is InChI=1S/C23H22ClN3O2/c1-2-13-25-23(29)21(14-17-15-26-20-6-4-3-5-19(17)20)27-22(28)12-9-16-7-10-18(24)11-8-16/h3-12,14-15,26H,2,13H2,1H3,(H,25,29)(H,27,28)/b12-9+,21-14-. The van der Waals surface area contributed by atoms with E-state index in [1.165, 1.54) is 6.08 Å². The average Bonchev–Trinajstić information content (AvgIpc) is 3.14. The SMILES string of the molecule is CCCNC(=O)/C(=C/c1c[nH]c2ccccc12)NC(=O)/C=C/c1ccc(Cl)cc1. The van der Waals surface area contributed by atoms with Crippen LogP contribution in [0.4, 0.5) is 0 Å². The zero-order valence-corrected chi connectivity index (χ0v) is 16.8. The van der Waals surface area contributed by atoms with Crippen molar-refractivity contribution in [3.05, 3.63) is 82.7 Å². The summed E-state index contributed by atoms with van der Waals surface area (Å²) in [5, 5.41) is 7.10. The van der Waals surface area contributed by atoms with E-state index in [0.717, 1.165) is 28.5 Å². The number of hydrogen-bond acceptors (Lipinski definition) is 2. The lowest BCUT2D eigenvalue weighted by Gasteiger charge is -2.09. The van der Waals surface area contributed by atoms with Crippen LogP contribution in [0, 0.1) is 0 Å². The second kappa shape index (κ2) is 9.75. The van der Waals surface area contributed by atoms with Gasteiger partial charge in [-0.05, 0) is 42.3 Å². The number of halogens is 1. The van der Waals surface area contributed by atoms with Gasteiger partial charge < -0.3 is 15.6 Å². The van der Waals surface area contributed by atoms with Crippen molar-refractivity contribution < 1.29 is 9.59 Å². The van der Waals surface area contributed by atoms with Gasteiger partial charge in [0.25, 0.3) is 5.91 Å². The Kier molecular flexibility index (Phi) is 6.87. The van der Waals surface area contributed by atoms with Gasteiger partial charge in [-0.2, -0.15) is 0 Å². The van der Waals surface area contributed by atoms with Gasteiger partial charge in [0.1, 0.15) is 5.70 Å². The van der Waals surface area contributed by atoms with Crippen LogP contribution in [0.2, 0.25) is 5.02 Å². The summed E-state index contributed by atoms with van der Waals surface area (Å²) in [7, 11) is 0. The number of hydrogen-bond donors (Lipinski definition) is 3. The Bertz CT molecular complexity index is 1070. The monoisotopic (exact) mass is 407 g/mol. The van der Waals surface area contributed by atoms with Crippen molar-refractivity contribution in [2.45, 2.75) is 13.3 Å². The van der Waals surface area contributed by atoms with Crippen LogP contribution >= 0.6 is 11.6 Å². The molecule has 0 aliphatic rings. The molecule has 0 aliphatic carbocycles. The number of para-hydroxylation sites is 1. The van der Waals surface area contributed by atoms with E-state index in [9.17, 15) is 9.59 Å². The zero-order chi connectivity index (χ0) is 20.6. The fourth-order valence-corrected chi connectivity index (χ4v) is 2.91. The van der Waals surface area contributed by atoms with Crippen molar-refractivity contribution >= 4 is 46.5 Å². The zero-order valence-electron chi connectivity index (χ0n) is 16.0. The summed E-state index contributed by atoms with van der Waals surface area (Å²) in [6.07, 6.45) is 7.35. The molecule has 29 heavy (non-hydrogen) atoms. The molecule has 1 heterocycles. The lowest BCUT2D eigenvalue weighted by atomic mass is 10.1. The van der Waals surface area contributed by atoms with Crippen molar-refractivity contribution in [2.24, 2.45) is 0 Å². The smallest absolute Gasteiger partial charge is 0.267 e. The molecule has 3 rings (SSSR count). The molecule has 0 saturated carbocycles. The van der Waals surface area contributed by atoms with Gasteiger partial charge in [0, 0.05) is 40.3 Å². The first-order chi connectivity index (χ1) is 14.1. The van der Waals surface area contributed by atoms with E-state index in [2.05, 4.69) is 15.6 Å². The minimum Gasteiger partial charge on any atom is -0.361 e. The normalized spacial score (nSPS) is 11.7. The topological polar surface area (TPSA) is 74.0 Å². The molecule has 0 atom stereocenters. The summed E-state index contributed by atoms with van der Waals surface area (Å²) < 4.78 is 0. The minimum absolute atomic E-state index is 0.189. The third-order valence-corrected chi connectivity index (χ3v) is 4.51. The maximum Gasteiger partial charge on any atom is 0.267 e. The Hall–Kier alpha value is -3.31. The Morgan fingerprint density at radius 2 is 1.86 bits per heavy atom. The third-order valence-electron chi connectivity index (χ3n) is 4.26. The number of H-pyrrole nitrogens is 1. The van der Waals surface area contributed by atoms with Gasteiger partial charge in [-0.3, -0.25) is 9.59 Å². The van der Waals surface area contributed by atoms with Gasteiger partial charge in [0.05, 0.1) is 0 Å². The van der Waals surface area contributed by atoms with E-state index < -0.39 is 5.91 Å². The minimum atomic E-state index is -0.391. The molecule has 3 N–H and O–H groups in total. The molecule has 0 unspecified atom stereocenters. The molecule has 0 fully saturated rings. The van der Waals surface area contributed by atoms with Crippen LogP contribution in [0.5, 0.6) is 0 Å². The Morgan fingerprint density at radius 3 is 2.62 bits per heavy atom. The molecule has 0 aliphatic heterocycles. The average molecular weight is 408 g/mol. The molecule has 2 amide bonds. The highest BCUT2D eigenvalue weighted by Crippen LogP contribution is 2.20. The summed E-state index contributed by atoms with van der Waals surface area (Å²) in [5.74, 6) is -0.719. The fraction of sp³-hybridized carbons (Fsp3) is 0.130. The van der Waals surface area contributed by atoms with Gasteiger partial charge >= 0.3 is 0 Å². The molecule has 0 radical (unpaired) electrons. The van der Waals surface area contributed by atoms with Crippen molar-refractivity contribution in [1.29, 1.82) is 0 Å². The molecule has 5 nitrogen and oxygen atoms in total. The summed E-state index contributed by atoms with van der Waals surface area (Å²) >= 11 is 5.87. The van der Waals surface area contributed by atoms with E-state index in [0.29, 0.717) is 11.6 Å². The van der Waals surface area contributed by atoms with Crippen LogP contribution in [-0.2, 0) is 9.59 Å². The number of fused-ring (bicyclic) bond motifs is 1. The first kappa shape index (κ1) is 20.4. The number of amides is 2. The summed E-state index contributed by atoms with van der Waals surface area (Å²) in [5.41, 5.74) is 2.81. The van der Waals surface area contributed by atoms with Crippen LogP contribution < -0.4 is 10.6 Å². The highest BCUT2D eigenvalue weighted by atomic mass is 35.5. The number of nitrogens with one attached hydrogen (secondary N) is 3. The van der Waals surface area contributed by atoms with E-state index >= 15 is 0 Å². The largest absolute Gasteiger partial charge is 0.361 e. The maximum absolute atomic E-state index is 12.6. The predicted molar refractivity (Wildman–Crippen MR) is 118 cm³/mol. The Balaban J connectivity index is 1.82. The van der Waals surface area contributed by atoms with Crippen LogP contribution in [0.15, 0.2) is 66.5 Å². The quantitative estimate of drug-likeness (QED) is 0.504. The second-order valence-electron chi connectivity index (χ2n) is 6.48. The lowest BCUT2D eigenvalue weighted by Crippen LogP contribution is -2.34. The molecular formula is C23H22ClN3O2. The van der Waals surface area contributed by atoms with Gasteiger partial charge in [0.15, 0.2) is 0 Å². The van der Waals surface area contributed by atoms with E-state index in [4.69, 9.17) is 11.6 Å². The van der Waals surface area contributed by atoms with Crippen molar-refractivity contribution in [1.82, 2.24) is 15.6 Å². The fourth-order valence-electron chi connectivity index (χ4n) is 2.78. The molecule has 1 aromatic heterocycles. The molecule has 2 aromatic carbocycles. The molecular weight excluding hydrogens is 386 g/mol. The number of aromatic amines is 1. The Morgan fingerprint density at radius 1 is 1.10 bits per heavy atom. The van der Waals surface area contributed by atoms with Crippen molar-refractivity contribution in [3.63, 3.8) is 0 Å². The summed E-state index contributed by atoms with van der Waals surface area (Å²) in [6.45, 7) is 2.50. The van der Waals surface area contributed by atoms with Crippen molar-refractivity contribution in [3.8, 4) is 0 Å². The van der Waals surface area contributed by atoms with Gasteiger partial charge in [-0.25, -0.2) is 0 Å². The van der Waals surface area contributed by atoms with Crippen LogP contribution in [-0.4, -0.2) is 23.3 Å². The molecule has 0 spiro atoms. The highest BCUT2D eigenvalue weighted by Gasteiger charge is 2.13. The van der Waals surface area contributed by atoms with Gasteiger partial charge in [0.2, 0.25) is 5.91 Å². The first-order valence-corrected chi connectivity index (χ1v) is 9.75. The number of rotatable bonds is 7. The Labute approximate surface area is 174 Å². The van der Waals surface area contributed by atoms with Crippen LogP contribution in [0.25, 0.3) is 23.1 Å². The molecule has 0 saturated heterocycles. The molecule has 3 aromatic rings. The predicted octanol–water partition coefficient (Wildman–Crippen LogP) is 4.52. The maximum atomic E-state index is 12.6. The molecule has 148 valence electrons. The summed E-state index contributed by atoms with van der Waals surface area (Å²) in [6, 6.07) is 14.9. The van der Waals surface area contributed by atoms with E-state index in [1.54, 1.807) is 24.3 Å². The van der Waals surface area contributed by atoms with Crippen molar-refractivity contribution in [2.75, 3.05) is 6.54 Å². The third kappa shape index (κ3) is 5.59. The second-order valence-corrected chi connectivity index (χ2v) is 6.91. The highest BCUT2D eigenvalue weighted by molar-refractivity contribution is 6.30. The van der Waals surface area contributed by atoms with Gasteiger partial charge in [-0.1, -0.05) is 48.9 Å². The number of carbonyl (C=O) groups excluding carboxylic acids is 2. The molecule has 6 heteroatoms. The van der Waals surface area contributed by atoms with Crippen LogP contribution in [0.3, 0.4) is 0 Å². The number of aromatic nitrogens is 1. The van der Waals surface area contributed by atoms with Gasteiger partial charge in [-0.15, -0.1) is 0 Å². The lowest BCUT2D eigenvalue weighted by molar-refractivity contribution is -0.121. The number of benzene rings is 2. The van der Waals surface area contributed by atoms with E-state index in [1.807, 2.05) is 49.5 Å². The van der Waals surface area contributed by atoms with E-state index in [-0.39, 0.29) is 11.6 Å².